The lowest BCUT2D eigenvalue weighted by molar-refractivity contribution is -0.123. The molecular formula is C21H24FN3O2. The second kappa shape index (κ2) is 8.77. The predicted molar refractivity (Wildman–Crippen MR) is 104 cm³/mol. The van der Waals surface area contributed by atoms with Gasteiger partial charge in [-0.3, -0.25) is 14.5 Å². The number of hydrogen-bond acceptors (Lipinski definition) is 3. The summed E-state index contributed by atoms with van der Waals surface area (Å²) in [7, 11) is 0. The molecule has 2 aromatic rings. The first-order valence-electron chi connectivity index (χ1n) is 9.19. The topological polar surface area (TPSA) is 61.4 Å². The maximum absolute atomic E-state index is 13.2. The number of hydrogen-bond donors (Lipinski definition) is 2. The fraction of sp³-hybridized carbons (Fsp3) is 0.333. The summed E-state index contributed by atoms with van der Waals surface area (Å²) < 4.78 is 13.2. The van der Waals surface area contributed by atoms with Crippen LogP contribution in [0, 0.1) is 11.7 Å². The van der Waals surface area contributed by atoms with Crippen molar-refractivity contribution in [1.29, 1.82) is 0 Å². The van der Waals surface area contributed by atoms with Crippen LogP contribution in [0.1, 0.15) is 19.8 Å². The maximum Gasteiger partial charge on any atom is 0.241 e. The number of nitrogens with one attached hydrogen (secondary N) is 2. The van der Waals surface area contributed by atoms with Gasteiger partial charge in [0.1, 0.15) is 5.82 Å². The van der Waals surface area contributed by atoms with Gasteiger partial charge in [-0.05, 0) is 63.2 Å². The molecule has 3 rings (SSSR count). The van der Waals surface area contributed by atoms with Gasteiger partial charge in [0.05, 0.1) is 6.04 Å². The highest BCUT2D eigenvalue weighted by atomic mass is 19.1. The van der Waals surface area contributed by atoms with E-state index in [-0.39, 0.29) is 29.6 Å². The third kappa shape index (κ3) is 5.14. The Morgan fingerprint density at radius 2 is 1.67 bits per heavy atom. The Labute approximate surface area is 158 Å². The molecule has 6 heteroatoms. The summed E-state index contributed by atoms with van der Waals surface area (Å²) in [6.07, 6.45) is 1.41. The van der Waals surface area contributed by atoms with Crippen LogP contribution in [0.5, 0.6) is 0 Å². The van der Waals surface area contributed by atoms with Crippen LogP contribution >= 0.6 is 0 Å². The van der Waals surface area contributed by atoms with E-state index in [1.807, 2.05) is 37.3 Å². The fourth-order valence-corrected chi connectivity index (χ4v) is 3.29. The van der Waals surface area contributed by atoms with Crippen molar-refractivity contribution < 1.29 is 14.0 Å². The number of para-hydroxylation sites is 1. The molecule has 27 heavy (non-hydrogen) atoms. The molecule has 2 amide bonds. The van der Waals surface area contributed by atoms with Crippen molar-refractivity contribution in [1.82, 2.24) is 4.90 Å². The van der Waals surface area contributed by atoms with Crippen molar-refractivity contribution in [2.45, 2.75) is 25.8 Å². The molecule has 0 aromatic heterocycles. The smallest absolute Gasteiger partial charge is 0.241 e. The number of likely N-dealkylation sites (tertiary alicyclic amines) is 1. The van der Waals surface area contributed by atoms with Crippen LogP contribution in [0.3, 0.4) is 0 Å². The SMILES string of the molecule is C[C@@H](C(=O)Nc1cccc(F)c1)N1CCC(C(=O)Nc2ccccc2)CC1. The Morgan fingerprint density at radius 1 is 1.00 bits per heavy atom. The highest BCUT2D eigenvalue weighted by Crippen LogP contribution is 2.21. The van der Waals surface area contributed by atoms with E-state index in [4.69, 9.17) is 0 Å². The number of piperidine rings is 1. The van der Waals surface area contributed by atoms with Crippen LogP contribution in [-0.2, 0) is 9.59 Å². The van der Waals surface area contributed by atoms with Crippen LogP contribution in [0.4, 0.5) is 15.8 Å². The monoisotopic (exact) mass is 369 g/mol. The minimum absolute atomic E-state index is 0.0257. The lowest BCUT2D eigenvalue weighted by Crippen LogP contribution is -2.47. The Morgan fingerprint density at radius 3 is 2.33 bits per heavy atom. The number of carbonyl (C=O) groups excluding carboxylic acids is 2. The third-order valence-corrected chi connectivity index (χ3v) is 4.96. The van der Waals surface area contributed by atoms with Gasteiger partial charge < -0.3 is 10.6 Å². The number of amides is 2. The Kier molecular flexibility index (Phi) is 6.19. The zero-order valence-corrected chi connectivity index (χ0v) is 15.3. The highest BCUT2D eigenvalue weighted by Gasteiger charge is 2.29. The van der Waals surface area contributed by atoms with E-state index in [1.54, 1.807) is 12.1 Å². The molecule has 142 valence electrons. The van der Waals surface area contributed by atoms with Gasteiger partial charge in [-0.25, -0.2) is 4.39 Å². The first-order valence-corrected chi connectivity index (χ1v) is 9.19. The molecule has 2 N–H and O–H groups in total. The summed E-state index contributed by atoms with van der Waals surface area (Å²) in [6, 6.07) is 14.9. The molecule has 0 spiro atoms. The van der Waals surface area contributed by atoms with Crippen molar-refractivity contribution in [3.05, 3.63) is 60.4 Å². The minimum atomic E-state index is -0.384. The van der Waals surface area contributed by atoms with Gasteiger partial charge in [-0.1, -0.05) is 24.3 Å². The summed E-state index contributed by atoms with van der Waals surface area (Å²) in [5.41, 5.74) is 1.25. The van der Waals surface area contributed by atoms with Crippen molar-refractivity contribution in [2.75, 3.05) is 23.7 Å². The quantitative estimate of drug-likeness (QED) is 0.848. The van der Waals surface area contributed by atoms with Gasteiger partial charge in [0.15, 0.2) is 0 Å². The van der Waals surface area contributed by atoms with Gasteiger partial charge in [0.25, 0.3) is 0 Å². The average Bonchev–Trinajstić information content (AvgIpc) is 2.68. The summed E-state index contributed by atoms with van der Waals surface area (Å²) >= 11 is 0. The van der Waals surface area contributed by atoms with E-state index in [1.165, 1.54) is 12.1 Å². The predicted octanol–water partition coefficient (Wildman–Crippen LogP) is 3.50. The molecule has 1 heterocycles. The summed E-state index contributed by atoms with van der Waals surface area (Å²) in [5, 5.41) is 5.69. The molecule has 0 aliphatic carbocycles. The second-order valence-electron chi connectivity index (χ2n) is 6.84. The summed E-state index contributed by atoms with van der Waals surface area (Å²) in [6.45, 7) is 3.17. The van der Waals surface area contributed by atoms with E-state index in [2.05, 4.69) is 15.5 Å². The molecule has 1 aliphatic rings. The van der Waals surface area contributed by atoms with Crippen LogP contribution in [0.25, 0.3) is 0 Å². The van der Waals surface area contributed by atoms with Crippen LogP contribution in [0.15, 0.2) is 54.6 Å². The normalized spacial score (nSPS) is 16.5. The first kappa shape index (κ1) is 19.0. The molecule has 0 saturated carbocycles. The standard InChI is InChI=1S/C21H24FN3O2/c1-15(20(26)24-19-9-5-6-17(22)14-19)25-12-10-16(11-13-25)21(27)23-18-7-3-2-4-8-18/h2-9,14-16H,10-13H2,1H3,(H,23,27)(H,24,26)/t15-/m0/s1. The molecule has 1 saturated heterocycles. The van der Waals surface area contributed by atoms with Crippen LogP contribution < -0.4 is 10.6 Å². The zero-order valence-electron chi connectivity index (χ0n) is 15.3. The van der Waals surface area contributed by atoms with E-state index in [0.29, 0.717) is 31.6 Å². The minimum Gasteiger partial charge on any atom is -0.326 e. The third-order valence-electron chi connectivity index (χ3n) is 4.96. The van der Waals surface area contributed by atoms with Gasteiger partial charge in [-0.15, -0.1) is 0 Å². The molecule has 1 atom stereocenters. The number of carbonyl (C=O) groups is 2. The maximum atomic E-state index is 13.2. The summed E-state index contributed by atoms with van der Waals surface area (Å²) in [4.78, 5) is 26.9. The van der Waals surface area contributed by atoms with Crippen molar-refractivity contribution in [3.8, 4) is 0 Å². The van der Waals surface area contributed by atoms with E-state index >= 15 is 0 Å². The molecule has 1 fully saturated rings. The van der Waals surface area contributed by atoms with Gasteiger partial charge in [0, 0.05) is 17.3 Å². The van der Waals surface area contributed by atoms with Gasteiger partial charge in [-0.2, -0.15) is 0 Å². The van der Waals surface area contributed by atoms with Gasteiger partial charge in [0.2, 0.25) is 11.8 Å². The fourth-order valence-electron chi connectivity index (χ4n) is 3.29. The summed E-state index contributed by atoms with van der Waals surface area (Å²) in [5.74, 6) is -0.587. The highest BCUT2D eigenvalue weighted by molar-refractivity contribution is 5.95. The van der Waals surface area contributed by atoms with E-state index in [0.717, 1.165) is 5.69 Å². The second-order valence-corrected chi connectivity index (χ2v) is 6.84. The number of halogens is 1. The van der Waals surface area contributed by atoms with Crippen molar-refractivity contribution in [2.24, 2.45) is 5.92 Å². The Balaban J connectivity index is 1.49. The number of benzene rings is 2. The van der Waals surface area contributed by atoms with Gasteiger partial charge >= 0.3 is 0 Å². The number of rotatable bonds is 5. The average molecular weight is 369 g/mol. The first-order chi connectivity index (χ1) is 13.0. The Hall–Kier alpha value is -2.73. The molecule has 1 aliphatic heterocycles. The van der Waals surface area contributed by atoms with E-state index in [9.17, 15) is 14.0 Å². The van der Waals surface area contributed by atoms with Crippen molar-refractivity contribution >= 4 is 23.2 Å². The van der Waals surface area contributed by atoms with Crippen LogP contribution in [-0.4, -0.2) is 35.8 Å². The molecule has 0 unspecified atom stereocenters. The zero-order chi connectivity index (χ0) is 19.2. The molecule has 0 radical (unpaired) electrons. The molecule has 2 aromatic carbocycles. The van der Waals surface area contributed by atoms with Crippen molar-refractivity contribution in [3.63, 3.8) is 0 Å². The largest absolute Gasteiger partial charge is 0.326 e. The Bertz CT molecular complexity index is 789. The molecule has 0 bridgehead atoms. The van der Waals surface area contributed by atoms with Crippen LogP contribution in [0.2, 0.25) is 0 Å². The number of nitrogens with zero attached hydrogens (tertiary/aromatic N) is 1. The van der Waals surface area contributed by atoms with E-state index < -0.39 is 0 Å². The molecular weight excluding hydrogens is 345 g/mol. The lowest BCUT2D eigenvalue weighted by Gasteiger charge is -2.34. The molecule has 5 nitrogen and oxygen atoms in total. The number of anilines is 2. The lowest BCUT2D eigenvalue weighted by atomic mass is 9.94.